The summed E-state index contributed by atoms with van der Waals surface area (Å²) < 4.78 is 33.4. The van der Waals surface area contributed by atoms with E-state index in [1.165, 1.54) is 13.2 Å². The second-order valence-electron chi connectivity index (χ2n) is 6.07. The maximum absolute atomic E-state index is 12.8. The van der Waals surface area contributed by atoms with Gasteiger partial charge in [-0.3, -0.25) is 9.52 Å². The standard InChI is InChI=1S/C19H24N2O4S/c1-5-14(3)20-19(22)15-11-10-13(2)18(12-15)26(23,24)21-16-8-6-7-9-17(16)25-4/h6-12,14,21H,5H2,1-4H3,(H,20,22)/t14-/m0/s1. The minimum Gasteiger partial charge on any atom is -0.495 e. The maximum atomic E-state index is 12.8. The van der Waals surface area contributed by atoms with Gasteiger partial charge in [0.05, 0.1) is 17.7 Å². The van der Waals surface area contributed by atoms with Gasteiger partial charge in [-0.15, -0.1) is 0 Å². The number of methoxy groups -OCH3 is 1. The van der Waals surface area contributed by atoms with Crippen LogP contribution in [0.4, 0.5) is 5.69 Å². The fourth-order valence-electron chi connectivity index (χ4n) is 2.37. The van der Waals surface area contributed by atoms with E-state index in [1.54, 1.807) is 43.3 Å². The molecule has 6 nitrogen and oxygen atoms in total. The van der Waals surface area contributed by atoms with Crippen LogP contribution in [0, 0.1) is 6.92 Å². The summed E-state index contributed by atoms with van der Waals surface area (Å²) in [5, 5.41) is 2.84. The Kier molecular flexibility index (Phi) is 6.26. The van der Waals surface area contributed by atoms with Crippen LogP contribution in [0.3, 0.4) is 0 Å². The van der Waals surface area contributed by atoms with E-state index in [0.29, 0.717) is 22.6 Å². The predicted octanol–water partition coefficient (Wildman–Crippen LogP) is 3.33. The molecule has 2 N–H and O–H groups in total. The van der Waals surface area contributed by atoms with E-state index in [-0.39, 0.29) is 16.8 Å². The summed E-state index contributed by atoms with van der Waals surface area (Å²) in [6.45, 7) is 5.55. The first-order valence-corrected chi connectivity index (χ1v) is 9.84. The Morgan fingerprint density at radius 2 is 1.88 bits per heavy atom. The van der Waals surface area contributed by atoms with Gasteiger partial charge in [0.1, 0.15) is 5.75 Å². The lowest BCUT2D eigenvalue weighted by Gasteiger charge is -2.15. The largest absolute Gasteiger partial charge is 0.495 e. The van der Waals surface area contributed by atoms with Gasteiger partial charge in [0.15, 0.2) is 0 Å². The van der Waals surface area contributed by atoms with E-state index in [4.69, 9.17) is 4.74 Å². The molecule has 0 saturated heterocycles. The number of carbonyl (C=O) groups is 1. The average Bonchev–Trinajstić information content (AvgIpc) is 2.61. The quantitative estimate of drug-likeness (QED) is 0.776. The monoisotopic (exact) mass is 376 g/mol. The molecule has 0 spiro atoms. The van der Waals surface area contributed by atoms with E-state index >= 15 is 0 Å². The van der Waals surface area contributed by atoms with Crippen LogP contribution >= 0.6 is 0 Å². The zero-order chi connectivity index (χ0) is 19.3. The summed E-state index contributed by atoms with van der Waals surface area (Å²) in [6.07, 6.45) is 0.790. The lowest BCUT2D eigenvalue weighted by Crippen LogP contribution is -2.32. The van der Waals surface area contributed by atoms with Gasteiger partial charge in [0, 0.05) is 11.6 Å². The van der Waals surface area contributed by atoms with Crippen molar-refractivity contribution in [3.05, 3.63) is 53.6 Å². The molecular weight excluding hydrogens is 352 g/mol. The van der Waals surface area contributed by atoms with Gasteiger partial charge in [-0.05, 0) is 50.1 Å². The minimum atomic E-state index is -3.88. The number of amides is 1. The summed E-state index contributed by atoms with van der Waals surface area (Å²) in [5.41, 5.74) is 1.19. The molecule has 0 aromatic heterocycles. The molecule has 1 amide bonds. The van der Waals surface area contributed by atoms with Gasteiger partial charge in [-0.1, -0.05) is 25.1 Å². The number of aryl methyl sites for hydroxylation is 1. The highest BCUT2D eigenvalue weighted by Crippen LogP contribution is 2.27. The van der Waals surface area contributed by atoms with Crippen molar-refractivity contribution in [2.75, 3.05) is 11.8 Å². The molecule has 0 bridgehead atoms. The Balaban J connectivity index is 2.37. The first-order chi connectivity index (χ1) is 12.3. The van der Waals surface area contributed by atoms with Gasteiger partial charge in [-0.2, -0.15) is 0 Å². The zero-order valence-corrected chi connectivity index (χ0v) is 16.2. The van der Waals surface area contributed by atoms with Crippen molar-refractivity contribution in [2.45, 2.75) is 38.1 Å². The van der Waals surface area contributed by atoms with Crippen LogP contribution in [-0.4, -0.2) is 27.5 Å². The lowest BCUT2D eigenvalue weighted by atomic mass is 10.1. The van der Waals surface area contributed by atoms with Gasteiger partial charge >= 0.3 is 0 Å². The topological polar surface area (TPSA) is 84.5 Å². The van der Waals surface area contributed by atoms with Crippen LogP contribution in [0.5, 0.6) is 5.75 Å². The summed E-state index contributed by atoms with van der Waals surface area (Å²) in [4.78, 5) is 12.4. The van der Waals surface area contributed by atoms with Gasteiger partial charge in [0.2, 0.25) is 0 Å². The van der Waals surface area contributed by atoms with E-state index in [2.05, 4.69) is 10.0 Å². The van der Waals surface area contributed by atoms with E-state index < -0.39 is 10.0 Å². The Morgan fingerprint density at radius 3 is 2.54 bits per heavy atom. The highest BCUT2D eigenvalue weighted by Gasteiger charge is 2.21. The molecule has 140 valence electrons. The Hall–Kier alpha value is -2.54. The molecule has 0 heterocycles. The van der Waals surface area contributed by atoms with Crippen LogP contribution < -0.4 is 14.8 Å². The SMILES string of the molecule is CC[C@H](C)NC(=O)c1ccc(C)c(S(=O)(=O)Nc2ccccc2OC)c1. The van der Waals surface area contributed by atoms with Crippen LogP contribution in [0.1, 0.15) is 36.2 Å². The highest BCUT2D eigenvalue weighted by atomic mass is 32.2. The molecule has 0 aliphatic heterocycles. The van der Waals surface area contributed by atoms with Crippen molar-refractivity contribution >= 4 is 21.6 Å². The van der Waals surface area contributed by atoms with Crippen molar-refractivity contribution in [1.29, 1.82) is 0 Å². The van der Waals surface area contributed by atoms with E-state index in [0.717, 1.165) is 6.42 Å². The van der Waals surface area contributed by atoms with Gasteiger partial charge < -0.3 is 10.1 Å². The van der Waals surface area contributed by atoms with E-state index in [1.807, 2.05) is 13.8 Å². The lowest BCUT2D eigenvalue weighted by molar-refractivity contribution is 0.0939. The third-order valence-corrected chi connectivity index (χ3v) is 5.59. The molecule has 2 aromatic rings. The molecule has 2 aromatic carbocycles. The second kappa shape index (κ2) is 8.23. The fourth-order valence-corrected chi connectivity index (χ4v) is 3.71. The first-order valence-electron chi connectivity index (χ1n) is 8.35. The Morgan fingerprint density at radius 1 is 1.19 bits per heavy atom. The van der Waals surface area contributed by atoms with Crippen LogP contribution in [0.2, 0.25) is 0 Å². The zero-order valence-electron chi connectivity index (χ0n) is 15.4. The number of carbonyl (C=O) groups excluding carboxylic acids is 1. The number of sulfonamides is 1. The molecule has 7 heteroatoms. The van der Waals surface area contributed by atoms with E-state index in [9.17, 15) is 13.2 Å². The number of hydrogen-bond donors (Lipinski definition) is 2. The summed E-state index contributed by atoms with van der Waals surface area (Å²) in [6, 6.07) is 11.4. The summed E-state index contributed by atoms with van der Waals surface area (Å²) >= 11 is 0. The normalized spacial score (nSPS) is 12.3. The third kappa shape index (κ3) is 4.54. The predicted molar refractivity (Wildman–Crippen MR) is 102 cm³/mol. The van der Waals surface area contributed by atoms with Gasteiger partial charge in [-0.25, -0.2) is 8.42 Å². The van der Waals surface area contributed by atoms with Crippen molar-refractivity contribution < 1.29 is 17.9 Å². The molecule has 0 aliphatic rings. The Bertz CT molecular complexity index is 894. The third-order valence-electron chi connectivity index (χ3n) is 4.08. The maximum Gasteiger partial charge on any atom is 0.262 e. The van der Waals surface area contributed by atoms with Crippen LogP contribution in [-0.2, 0) is 10.0 Å². The number of nitrogens with one attached hydrogen (secondary N) is 2. The van der Waals surface area contributed by atoms with Crippen molar-refractivity contribution in [2.24, 2.45) is 0 Å². The molecule has 1 atom stereocenters. The molecular formula is C19H24N2O4S. The van der Waals surface area contributed by atoms with Gasteiger partial charge in [0.25, 0.3) is 15.9 Å². The number of rotatable bonds is 7. The molecule has 0 radical (unpaired) electrons. The smallest absolute Gasteiger partial charge is 0.262 e. The van der Waals surface area contributed by atoms with Crippen LogP contribution in [0.15, 0.2) is 47.4 Å². The summed E-state index contributed by atoms with van der Waals surface area (Å²) in [5.74, 6) is 0.118. The molecule has 0 aliphatic carbocycles. The fraction of sp³-hybridized carbons (Fsp3) is 0.316. The second-order valence-corrected chi connectivity index (χ2v) is 7.72. The number of ether oxygens (including phenoxy) is 1. The number of hydrogen-bond acceptors (Lipinski definition) is 4. The summed E-state index contributed by atoms with van der Waals surface area (Å²) in [7, 11) is -2.41. The molecule has 0 fully saturated rings. The van der Waals surface area contributed by atoms with Crippen molar-refractivity contribution in [3.63, 3.8) is 0 Å². The molecule has 0 unspecified atom stereocenters. The molecule has 26 heavy (non-hydrogen) atoms. The first kappa shape index (κ1) is 19.8. The molecule has 2 rings (SSSR count). The number of benzene rings is 2. The van der Waals surface area contributed by atoms with Crippen molar-refractivity contribution in [3.8, 4) is 5.75 Å². The number of anilines is 1. The van der Waals surface area contributed by atoms with Crippen molar-refractivity contribution in [1.82, 2.24) is 5.32 Å². The number of para-hydroxylation sites is 2. The highest BCUT2D eigenvalue weighted by molar-refractivity contribution is 7.92. The average molecular weight is 376 g/mol. The molecule has 0 saturated carbocycles. The minimum absolute atomic E-state index is 0.00978. The van der Waals surface area contributed by atoms with Crippen LogP contribution in [0.25, 0.3) is 0 Å². The Labute approximate surface area is 154 Å².